The standard InChI is InChI=1S/C21H25N5O3/c1-2-29-19(27)13-26-10-9-14-3-4-15(11-16(14)12-26)20(28)24-17-5-7-18(8-6-17)25-21(22)23/h3-8,11H,2,9-10,12-13H2,1H3,(H,24,28)(H4,22,23,25). The van der Waals surface area contributed by atoms with Gasteiger partial charge in [0.1, 0.15) is 0 Å². The molecule has 8 nitrogen and oxygen atoms in total. The Kier molecular flexibility index (Phi) is 6.46. The molecule has 2 aromatic carbocycles. The second-order valence-corrected chi connectivity index (χ2v) is 6.82. The molecule has 3 rings (SSSR count). The summed E-state index contributed by atoms with van der Waals surface area (Å²) in [6.45, 7) is 3.82. The lowest BCUT2D eigenvalue weighted by molar-refractivity contribution is -0.144. The van der Waals surface area contributed by atoms with E-state index in [1.807, 2.05) is 23.1 Å². The lowest BCUT2D eigenvalue weighted by atomic mass is 9.97. The summed E-state index contributed by atoms with van der Waals surface area (Å²) in [5, 5.41) is 12.8. The number of rotatable bonds is 6. The van der Waals surface area contributed by atoms with Gasteiger partial charge in [-0.3, -0.25) is 19.9 Å². The second-order valence-electron chi connectivity index (χ2n) is 6.82. The summed E-state index contributed by atoms with van der Waals surface area (Å²) in [5.74, 6) is -0.581. The first kappa shape index (κ1) is 20.3. The average molecular weight is 395 g/mol. The van der Waals surface area contributed by atoms with Crippen LogP contribution in [0.3, 0.4) is 0 Å². The molecule has 8 heteroatoms. The maximum absolute atomic E-state index is 12.6. The third kappa shape index (κ3) is 5.55. The van der Waals surface area contributed by atoms with Crippen molar-refractivity contribution in [1.82, 2.24) is 4.90 Å². The van der Waals surface area contributed by atoms with E-state index >= 15 is 0 Å². The third-order valence-corrected chi connectivity index (χ3v) is 4.64. The van der Waals surface area contributed by atoms with Crippen LogP contribution < -0.4 is 16.4 Å². The number of nitrogens with two attached hydrogens (primary N) is 1. The Morgan fingerprint density at radius 2 is 1.79 bits per heavy atom. The van der Waals surface area contributed by atoms with Crippen molar-refractivity contribution in [2.45, 2.75) is 19.9 Å². The van der Waals surface area contributed by atoms with E-state index in [9.17, 15) is 9.59 Å². The molecule has 0 unspecified atom stereocenters. The van der Waals surface area contributed by atoms with Crippen LogP contribution in [0, 0.1) is 5.41 Å². The molecule has 1 amide bonds. The lowest BCUT2D eigenvalue weighted by Gasteiger charge is -2.28. The molecule has 152 valence electrons. The number of carbonyl (C=O) groups is 2. The smallest absolute Gasteiger partial charge is 0.320 e. The number of esters is 1. The first-order chi connectivity index (χ1) is 13.9. The monoisotopic (exact) mass is 395 g/mol. The van der Waals surface area contributed by atoms with Crippen LogP contribution >= 0.6 is 0 Å². The molecule has 5 N–H and O–H groups in total. The van der Waals surface area contributed by atoms with Crippen molar-refractivity contribution in [2.75, 3.05) is 30.3 Å². The number of benzene rings is 2. The summed E-state index contributed by atoms with van der Waals surface area (Å²) in [5.41, 5.74) is 9.42. The van der Waals surface area contributed by atoms with Crippen molar-refractivity contribution in [3.05, 3.63) is 59.2 Å². The number of ether oxygens (including phenoxy) is 1. The summed E-state index contributed by atoms with van der Waals surface area (Å²) < 4.78 is 5.02. The molecule has 2 aromatic rings. The first-order valence-electron chi connectivity index (χ1n) is 9.47. The van der Waals surface area contributed by atoms with Crippen LogP contribution in [0.15, 0.2) is 42.5 Å². The maximum atomic E-state index is 12.6. The van der Waals surface area contributed by atoms with Gasteiger partial charge >= 0.3 is 5.97 Å². The number of hydrogen-bond acceptors (Lipinski definition) is 5. The summed E-state index contributed by atoms with van der Waals surface area (Å²) in [6, 6.07) is 12.6. The van der Waals surface area contributed by atoms with Crippen LogP contribution in [-0.4, -0.2) is 42.4 Å². The number of nitrogens with zero attached hydrogens (tertiary/aromatic N) is 1. The zero-order valence-corrected chi connectivity index (χ0v) is 16.3. The highest BCUT2D eigenvalue weighted by molar-refractivity contribution is 6.04. The van der Waals surface area contributed by atoms with E-state index in [4.69, 9.17) is 15.9 Å². The molecule has 29 heavy (non-hydrogen) atoms. The van der Waals surface area contributed by atoms with Gasteiger partial charge in [0.15, 0.2) is 5.96 Å². The number of fused-ring (bicyclic) bond motifs is 1. The van der Waals surface area contributed by atoms with Crippen molar-refractivity contribution >= 4 is 29.2 Å². The molecule has 0 radical (unpaired) electrons. The van der Waals surface area contributed by atoms with Gasteiger partial charge in [0, 0.05) is 30.0 Å². The number of anilines is 2. The normalized spacial score (nSPS) is 13.3. The van der Waals surface area contributed by atoms with E-state index in [1.165, 1.54) is 5.56 Å². The van der Waals surface area contributed by atoms with Crippen LogP contribution in [0.4, 0.5) is 11.4 Å². The molecule has 0 aliphatic carbocycles. The summed E-state index contributed by atoms with van der Waals surface area (Å²) >= 11 is 0. The van der Waals surface area contributed by atoms with Gasteiger partial charge in [0.2, 0.25) is 0 Å². The molecule has 0 saturated heterocycles. The van der Waals surface area contributed by atoms with Crippen molar-refractivity contribution in [2.24, 2.45) is 5.73 Å². The van der Waals surface area contributed by atoms with Gasteiger partial charge in [-0.25, -0.2) is 0 Å². The molecule has 1 aliphatic rings. The fourth-order valence-electron chi connectivity index (χ4n) is 3.28. The zero-order chi connectivity index (χ0) is 20.8. The zero-order valence-electron chi connectivity index (χ0n) is 16.3. The molecule has 0 spiro atoms. The largest absolute Gasteiger partial charge is 0.465 e. The molecule has 1 aliphatic heterocycles. The molecular formula is C21H25N5O3. The third-order valence-electron chi connectivity index (χ3n) is 4.64. The minimum atomic E-state index is -0.229. The minimum absolute atomic E-state index is 0.146. The van der Waals surface area contributed by atoms with Gasteiger partial charge < -0.3 is 21.1 Å². The Hall–Kier alpha value is -3.39. The SMILES string of the molecule is CCOC(=O)CN1CCc2ccc(C(=O)Nc3ccc(NC(=N)N)cc3)cc2C1. The highest BCUT2D eigenvalue weighted by atomic mass is 16.5. The minimum Gasteiger partial charge on any atom is -0.465 e. The van der Waals surface area contributed by atoms with Crippen LogP contribution in [-0.2, 0) is 22.5 Å². The molecule has 0 saturated carbocycles. The molecule has 0 fully saturated rings. The van der Waals surface area contributed by atoms with Crippen molar-refractivity contribution < 1.29 is 14.3 Å². The number of guanidine groups is 1. The quantitative estimate of drug-likeness (QED) is 0.338. The predicted molar refractivity (Wildman–Crippen MR) is 112 cm³/mol. The lowest BCUT2D eigenvalue weighted by Crippen LogP contribution is -2.35. The van der Waals surface area contributed by atoms with Crippen molar-refractivity contribution in [3.63, 3.8) is 0 Å². The highest BCUT2D eigenvalue weighted by Crippen LogP contribution is 2.21. The van der Waals surface area contributed by atoms with Gasteiger partial charge in [0.25, 0.3) is 5.91 Å². The van der Waals surface area contributed by atoms with Crippen LogP contribution in [0.1, 0.15) is 28.4 Å². The Bertz CT molecular complexity index is 911. The highest BCUT2D eigenvalue weighted by Gasteiger charge is 2.20. The number of carbonyl (C=O) groups excluding carboxylic acids is 2. The van der Waals surface area contributed by atoms with E-state index in [1.54, 1.807) is 31.2 Å². The van der Waals surface area contributed by atoms with E-state index in [-0.39, 0.29) is 24.4 Å². The number of hydrogen-bond donors (Lipinski definition) is 4. The summed E-state index contributed by atoms with van der Waals surface area (Å²) in [4.78, 5) is 26.4. The topological polar surface area (TPSA) is 121 Å². The maximum Gasteiger partial charge on any atom is 0.320 e. The Morgan fingerprint density at radius 3 is 2.45 bits per heavy atom. The fourth-order valence-corrected chi connectivity index (χ4v) is 3.28. The van der Waals surface area contributed by atoms with Crippen LogP contribution in [0.25, 0.3) is 0 Å². The van der Waals surface area contributed by atoms with Gasteiger partial charge in [-0.1, -0.05) is 6.07 Å². The van der Waals surface area contributed by atoms with Gasteiger partial charge in [-0.2, -0.15) is 0 Å². The van der Waals surface area contributed by atoms with Crippen LogP contribution in [0.5, 0.6) is 0 Å². The Labute approximate surface area is 169 Å². The second kappa shape index (κ2) is 9.20. The first-order valence-corrected chi connectivity index (χ1v) is 9.47. The fraction of sp³-hybridized carbons (Fsp3) is 0.286. The van der Waals surface area contributed by atoms with Crippen molar-refractivity contribution in [3.8, 4) is 0 Å². The molecule has 0 bridgehead atoms. The summed E-state index contributed by atoms with van der Waals surface area (Å²) in [7, 11) is 0. The van der Waals surface area contributed by atoms with Gasteiger partial charge in [-0.05, 0) is 60.9 Å². The molecule has 1 heterocycles. The average Bonchev–Trinajstić information content (AvgIpc) is 2.68. The molecular weight excluding hydrogens is 370 g/mol. The van der Waals surface area contributed by atoms with E-state index in [0.717, 1.165) is 18.5 Å². The Balaban J connectivity index is 1.65. The number of nitrogens with one attached hydrogen (secondary N) is 3. The Morgan fingerprint density at radius 1 is 1.10 bits per heavy atom. The predicted octanol–water partition coefficient (Wildman–Crippen LogP) is 2.17. The van der Waals surface area contributed by atoms with E-state index < -0.39 is 0 Å². The van der Waals surface area contributed by atoms with E-state index in [0.29, 0.717) is 30.1 Å². The van der Waals surface area contributed by atoms with E-state index in [2.05, 4.69) is 10.6 Å². The number of amides is 1. The van der Waals surface area contributed by atoms with Gasteiger partial charge in [0.05, 0.1) is 13.2 Å². The molecule has 0 atom stereocenters. The van der Waals surface area contributed by atoms with Crippen LogP contribution in [0.2, 0.25) is 0 Å². The summed E-state index contributed by atoms with van der Waals surface area (Å²) in [6.07, 6.45) is 0.835. The van der Waals surface area contributed by atoms with Crippen molar-refractivity contribution in [1.29, 1.82) is 5.41 Å². The van der Waals surface area contributed by atoms with Gasteiger partial charge in [-0.15, -0.1) is 0 Å². The molecule has 0 aromatic heterocycles.